The molecule has 4 rings (SSSR count). The third kappa shape index (κ3) is 3.25. The van der Waals surface area contributed by atoms with E-state index < -0.39 is 11.5 Å². The van der Waals surface area contributed by atoms with E-state index in [1.54, 1.807) is 29.7 Å². The maximum Gasteiger partial charge on any atom is 0.258 e. The average molecular weight is 367 g/mol. The van der Waals surface area contributed by atoms with Gasteiger partial charge in [0.25, 0.3) is 17.4 Å². The van der Waals surface area contributed by atoms with E-state index in [-0.39, 0.29) is 18.0 Å². The monoisotopic (exact) mass is 367 g/mol. The number of amides is 1. The van der Waals surface area contributed by atoms with Gasteiger partial charge < -0.3 is 14.9 Å². The second kappa shape index (κ2) is 6.37. The van der Waals surface area contributed by atoms with Crippen molar-refractivity contribution in [2.24, 2.45) is 0 Å². The molecule has 0 aliphatic carbocycles. The molecule has 3 N–H and O–H groups in total. The number of hydrogen-bond acceptors (Lipinski definition) is 8. The molecule has 4 heterocycles. The molecule has 0 radical (unpaired) electrons. The van der Waals surface area contributed by atoms with Crippen LogP contribution < -0.4 is 10.9 Å². The summed E-state index contributed by atoms with van der Waals surface area (Å²) in [5, 5.41) is 23.9. The smallest absolute Gasteiger partial charge is 0.258 e. The molecule has 11 heteroatoms. The molecular weight excluding hydrogens is 354 g/mol. The summed E-state index contributed by atoms with van der Waals surface area (Å²) in [6.07, 6.45) is 1.73. The molecule has 0 aromatic carbocycles. The van der Waals surface area contributed by atoms with Crippen molar-refractivity contribution in [2.75, 3.05) is 0 Å². The molecule has 0 aliphatic heterocycles. The lowest BCUT2D eigenvalue weighted by molar-refractivity contribution is 0.0949. The molecule has 1 amide bonds. The van der Waals surface area contributed by atoms with Gasteiger partial charge >= 0.3 is 0 Å². The highest BCUT2D eigenvalue weighted by Gasteiger charge is 2.13. The highest BCUT2D eigenvalue weighted by atomic mass is 16.5. The van der Waals surface area contributed by atoms with Crippen molar-refractivity contribution < 1.29 is 14.4 Å². The summed E-state index contributed by atoms with van der Waals surface area (Å²) in [5.41, 5.74) is 0.711. The van der Waals surface area contributed by atoms with Crippen molar-refractivity contribution in [3.05, 3.63) is 58.0 Å². The van der Waals surface area contributed by atoms with Crippen LogP contribution in [0.1, 0.15) is 22.0 Å². The zero-order valence-electron chi connectivity index (χ0n) is 14.0. The number of fused-ring (bicyclic) bond motifs is 1. The summed E-state index contributed by atoms with van der Waals surface area (Å²) >= 11 is 0. The van der Waals surface area contributed by atoms with Crippen LogP contribution in [0.2, 0.25) is 0 Å². The Morgan fingerprint density at radius 3 is 2.93 bits per heavy atom. The van der Waals surface area contributed by atoms with E-state index in [1.165, 1.54) is 0 Å². The van der Waals surface area contributed by atoms with E-state index in [4.69, 9.17) is 4.52 Å². The quantitative estimate of drug-likeness (QED) is 0.469. The van der Waals surface area contributed by atoms with Gasteiger partial charge in [-0.05, 0) is 19.1 Å². The number of rotatable bonds is 4. The van der Waals surface area contributed by atoms with Crippen molar-refractivity contribution in [1.82, 2.24) is 35.0 Å². The Balaban J connectivity index is 1.54. The Kier molecular flexibility index (Phi) is 3.88. The van der Waals surface area contributed by atoms with Crippen molar-refractivity contribution >= 4 is 11.6 Å². The van der Waals surface area contributed by atoms with Gasteiger partial charge in [-0.15, -0.1) is 10.2 Å². The zero-order chi connectivity index (χ0) is 19.0. The second-order valence-corrected chi connectivity index (χ2v) is 5.71. The summed E-state index contributed by atoms with van der Waals surface area (Å²) in [6, 6.07) is 5.76. The number of nitrogens with zero attached hydrogens (tertiary/aromatic N) is 5. The number of aromatic hydroxyl groups is 1. The highest BCUT2D eigenvalue weighted by molar-refractivity contribution is 5.94. The van der Waals surface area contributed by atoms with Gasteiger partial charge in [-0.1, -0.05) is 5.16 Å². The number of hydrogen-bond donors (Lipinski definition) is 3. The van der Waals surface area contributed by atoms with Gasteiger partial charge in [0.1, 0.15) is 0 Å². The van der Waals surface area contributed by atoms with Crippen LogP contribution in [0.25, 0.3) is 17.1 Å². The fraction of sp³-hybridized carbons (Fsp3) is 0.125. The number of aryl methyl sites for hydroxylation is 1. The topological polar surface area (TPSA) is 151 Å². The summed E-state index contributed by atoms with van der Waals surface area (Å²) < 4.78 is 6.83. The molecule has 0 atom stereocenters. The van der Waals surface area contributed by atoms with Gasteiger partial charge in [-0.25, -0.2) is 0 Å². The van der Waals surface area contributed by atoms with Crippen LogP contribution in [0.15, 0.2) is 39.8 Å². The molecule has 136 valence electrons. The molecule has 4 aromatic heterocycles. The van der Waals surface area contributed by atoms with Crippen molar-refractivity contribution in [2.45, 2.75) is 13.5 Å². The lowest BCUT2D eigenvalue weighted by atomic mass is 10.2. The molecule has 27 heavy (non-hydrogen) atoms. The van der Waals surface area contributed by atoms with Crippen LogP contribution in [0.5, 0.6) is 5.88 Å². The van der Waals surface area contributed by atoms with Gasteiger partial charge in [0.15, 0.2) is 23.2 Å². The first-order valence-corrected chi connectivity index (χ1v) is 7.85. The predicted molar refractivity (Wildman–Crippen MR) is 90.9 cm³/mol. The van der Waals surface area contributed by atoms with Crippen LogP contribution >= 0.6 is 0 Å². The number of aromatic nitrogens is 6. The van der Waals surface area contributed by atoms with Crippen LogP contribution in [0, 0.1) is 6.92 Å². The summed E-state index contributed by atoms with van der Waals surface area (Å²) in [5.74, 6) is 0.485. The van der Waals surface area contributed by atoms with E-state index in [0.29, 0.717) is 28.8 Å². The fourth-order valence-electron chi connectivity index (χ4n) is 2.53. The molecule has 11 nitrogen and oxygen atoms in total. The number of pyridine rings is 2. The third-order valence-corrected chi connectivity index (χ3v) is 3.75. The van der Waals surface area contributed by atoms with Crippen molar-refractivity contribution in [1.29, 1.82) is 0 Å². The Morgan fingerprint density at radius 1 is 1.33 bits per heavy atom. The van der Waals surface area contributed by atoms with Gasteiger partial charge in [0.05, 0.1) is 12.1 Å². The first-order valence-electron chi connectivity index (χ1n) is 7.85. The Bertz CT molecular complexity index is 1210. The number of H-pyrrole nitrogens is 1. The largest absolute Gasteiger partial charge is 0.494 e. The summed E-state index contributed by atoms with van der Waals surface area (Å²) in [4.78, 5) is 29.8. The van der Waals surface area contributed by atoms with Crippen molar-refractivity contribution in [3.8, 4) is 17.3 Å². The number of nitrogens with one attached hydrogen (secondary N) is 2. The minimum atomic E-state index is -0.572. The minimum absolute atomic E-state index is 0.0409. The van der Waals surface area contributed by atoms with E-state index in [9.17, 15) is 14.7 Å². The lowest BCUT2D eigenvalue weighted by Gasteiger charge is -2.05. The average Bonchev–Trinajstić information content (AvgIpc) is 3.24. The van der Waals surface area contributed by atoms with Gasteiger partial charge in [0, 0.05) is 23.9 Å². The first-order chi connectivity index (χ1) is 13.0. The van der Waals surface area contributed by atoms with Crippen LogP contribution in [0.4, 0.5) is 0 Å². The second-order valence-electron chi connectivity index (χ2n) is 5.71. The predicted octanol–water partition coefficient (Wildman–Crippen LogP) is 0.412. The normalized spacial score (nSPS) is 11.0. The fourth-order valence-corrected chi connectivity index (χ4v) is 2.53. The Labute approximate surface area is 150 Å². The Hall–Kier alpha value is -4.02. The maximum absolute atomic E-state index is 12.2. The third-order valence-electron chi connectivity index (χ3n) is 3.75. The zero-order valence-corrected chi connectivity index (χ0v) is 14.0. The van der Waals surface area contributed by atoms with E-state index in [2.05, 4.69) is 30.6 Å². The minimum Gasteiger partial charge on any atom is -0.494 e. The molecular formula is C16H13N7O4. The molecule has 0 spiro atoms. The summed E-state index contributed by atoms with van der Waals surface area (Å²) in [7, 11) is 0. The van der Waals surface area contributed by atoms with Gasteiger partial charge in [-0.2, -0.15) is 4.98 Å². The maximum atomic E-state index is 12.2. The standard InChI is InChI=1S/C16H13N7O4/c1-8-18-16(27-22-8)9-2-3-23-11(4-9)20-21-12(23)7-17-15(26)10-5-13(24)19-14(25)6-10/h2-6H,7H2,1H3,(H,17,26)(H2,19,24,25). The number of carbonyl (C=O) groups excluding carboxylic acids is 1. The van der Waals surface area contributed by atoms with E-state index in [1.807, 2.05) is 0 Å². The van der Waals surface area contributed by atoms with Crippen LogP contribution in [0.3, 0.4) is 0 Å². The SMILES string of the molecule is Cc1noc(-c2ccn3c(CNC(=O)c4cc(O)[nH]c(=O)c4)nnc3c2)n1. The molecule has 0 unspecified atom stereocenters. The Morgan fingerprint density at radius 2 is 2.19 bits per heavy atom. The van der Waals surface area contributed by atoms with Crippen LogP contribution in [-0.4, -0.2) is 40.7 Å². The molecule has 0 aliphatic rings. The van der Waals surface area contributed by atoms with Crippen LogP contribution in [-0.2, 0) is 6.54 Å². The number of carbonyl (C=O) groups is 1. The molecule has 0 saturated carbocycles. The van der Waals surface area contributed by atoms with E-state index in [0.717, 1.165) is 12.1 Å². The molecule has 4 aromatic rings. The molecule has 0 bridgehead atoms. The number of aromatic amines is 1. The van der Waals surface area contributed by atoms with Gasteiger partial charge in [0.2, 0.25) is 0 Å². The lowest BCUT2D eigenvalue weighted by Crippen LogP contribution is -2.25. The van der Waals surface area contributed by atoms with Gasteiger partial charge in [-0.3, -0.25) is 19.0 Å². The van der Waals surface area contributed by atoms with E-state index >= 15 is 0 Å². The molecule has 0 saturated heterocycles. The van der Waals surface area contributed by atoms with Crippen molar-refractivity contribution in [3.63, 3.8) is 0 Å². The summed E-state index contributed by atoms with van der Waals surface area (Å²) in [6.45, 7) is 1.80. The first kappa shape index (κ1) is 16.4. The highest BCUT2D eigenvalue weighted by Crippen LogP contribution is 2.18. The molecule has 0 fully saturated rings.